The first-order chi connectivity index (χ1) is 14.5. The van der Waals surface area contributed by atoms with Crippen LogP contribution < -0.4 is 5.32 Å². The maximum absolute atomic E-state index is 13.4. The number of hydrogen-bond donors (Lipinski definition) is 1. The van der Waals surface area contributed by atoms with Crippen molar-refractivity contribution in [3.63, 3.8) is 0 Å². The van der Waals surface area contributed by atoms with Crippen molar-refractivity contribution in [3.05, 3.63) is 70.2 Å². The Morgan fingerprint density at radius 3 is 2.40 bits per heavy atom. The van der Waals surface area contributed by atoms with Gasteiger partial charge >= 0.3 is 0 Å². The van der Waals surface area contributed by atoms with Gasteiger partial charge in [-0.25, -0.2) is 0 Å². The molecule has 0 saturated heterocycles. The van der Waals surface area contributed by atoms with Crippen molar-refractivity contribution in [1.82, 2.24) is 10.2 Å². The van der Waals surface area contributed by atoms with Crippen LogP contribution in [-0.4, -0.2) is 28.8 Å². The van der Waals surface area contributed by atoms with Gasteiger partial charge < -0.3 is 10.2 Å². The minimum Gasteiger partial charge on any atom is -0.352 e. The molecule has 1 saturated carbocycles. The van der Waals surface area contributed by atoms with E-state index in [9.17, 15) is 9.59 Å². The van der Waals surface area contributed by atoms with Crippen molar-refractivity contribution >= 4 is 23.4 Å². The Hall–Kier alpha value is -2.33. The Morgan fingerprint density at radius 2 is 1.77 bits per heavy atom. The highest BCUT2D eigenvalue weighted by atomic mass is 35.5. The maximum atomic E-state index is 13.4. The largest absolute Gasteiger partial charge is 0.352 e. The average Bonchev–Trinajstić information content (AvgIpc) is 3.24. The van der Waals surface area contributed by atoms with Crippen LogP contribution in [0.15, 0.2) is 48.5 Å². The smallest absolute Gasteiger partial charge is 0.243 e. The molecule has 2 amide bonds. The third-order valence-electron chi connectivity index (χ3n) is 5.96. The number of carbonyl (C=O) groups excluding carboxylic acids is 2. The zero-order valence-corrected chi connectivity index (χ0v) is 18.6. The summed E-state index contributed by atoms with van der Waals surface area (Å²) in [7, 11) is 0. The van der Waals surface area contributed by atoms with E-state index in [4.69, 9.17) is 11.6 Å². The Kier molecular flexibility index (Phi) is 7.92. The van der Waals surface area contributed by atoms with Gasteiger partial charge in [0.2, 0.25) is 11.8 Å². The van der Waals surface area contributed by atoms with Crippen LogP contribution in [0, 0.1) is 6.92 Å². The average molecular weight is 427 g/mol. The van der Waals surface area contributed by atoms with Crippen LogP contribution in [0.2, 0.25) is 5.02 Å². The van der Waals surface area contributed by atoms with E-state index in [1.807, 2.05) is 50.2 Å². The molecule has 160 valence electrons. The van der Waals surface area contributed by atoms with Gasteiger partial charge in [0, 0.05) is 17.6 Å². The normalized spacial score (nSPS) is 15.0. The monoisotopic (exact) mass is 426 g/mol. The standard InChI is InChI=1S/C25H31ClN2O2/c1-3-23(25(30)27-22-10-6-7-11-22)28(17-20-9-5-4-8-18(20)2)24(29)16-19-12-14-21(26)15-13-19/h4-5,8-9,12-15,22-23H,3,6-7,10-11,16-17H2,1-2H3,(H,27,30)/t23-/m0/s1. The van der Waals surface area contributed by atoms with E-state index in [0.717, 1.165) is 42.4 Å². The first kappa shape index (κ1) is 22.4. The molecule has 1 aliphatic rings. The van der Waals surface area contributed by atoms with E-state index < -0.39 is 6.04 Å². The second kappa shape index (κ2) is 10.6. The molecule has 30 heavy (non-hydrogen) atoms. The van der Waals surface area contributed by atoms with Gasteiger partial charge in [0.1, 0.15) is 6.04 Å². The molecule has 3 rings (SSSR count). The Balaban J connectivity index is 1.82. The van der Waals surface area contributed by atoms with Crippen LogP contribution in [0.5, 0.6) is 0 Å². The van der Waals surface area contributed by atoms with Gasteiger partial charge in [-0.2, -0.15) is 0 Å². The van der Waals surface area contributed by atoms with Gasteiger partial charge in [-0.3, -0.25) is 9.59 Å². The van der Waals surface area contributed by atoms with E-state index in [1.165, 1.54) is 0 Å². The number of carbonyl (C=O) groups is 2. The second-order valence-electron chi connectivity index (χ2n) is 8.17. The molecule has 4 nitrogen and oxygen atoms in total. The van der Waals surface area contributed by atoms with Crippen LogP contribution >= 0.6 is 11.6 Å². The fraction of sp³-hybridized carbons (Fsp3) is 0.440. The Labute approximate surface area is 184 Å². The molecule has 0 aliphatic heterocycles. The molecule has 0 bridgehead atoms. The summed E-state index contributed by atoms with van der Waals surface area (Å²) in [5.41, 5.74) is 3.08. The first-order valence-corrected chi connectivity index (χ1v) is 11.2. The quantitative estimate of drug-likeness (QED) is 0.641. The van der Waals surface area contributed by atoms with Gasteiger partial charge in [-0.05, 0) is 55.0 Å². The summed E-state index contributed by atoms with van der Waals surface area (Å²) in [5, 5.41) is 3.83. The molecule has 0 spiro atoms. The van der Waals surface area contributed by atoms with Crippen LogP contribution in [0.25, 0.3) is 0 Å². The lowest BCUT2D eigenvalue weighted by Crippen LogP contribution is -2.51. The molecular formula is C25H31ClN2O2. The zero-order valence-electron chi connectivity index (χ0n) is 17.9. The van der Waals surface area contributed by atoms with Gasteiger partial charge in [-0.1, -0.05) is 67.8 Å². The van der Waals surface area contributed by atoms with Gasteiger partial charge in [0.25, 0.3) is 0 Å². The molecule has 1 aliphatic carbocycles. The summed E-state index contributed by atoms with van der Waals surface area (Å²) < 4.78 is 0. The number of halogens is 1. The predicted molar refractivity (Wildman–Crippen MR) is 121 cm³/mol. The van der Waals surface area contributed by atoms with Crippen molar-refractivity contribution in [1.29, 1.82) is 0 Å². The third kappa shape index (κ3) is 5.85. The van der Waals surface area contributed by atoms with E-state index >= 15 is 0 Å². The molecule has 5 heteroatoms. The molecule has 2 aromatic rings. The highest BCUT2D eigenvalue weighted by molar-refractivity contribution is 6.30. The molecule has 0 aromatic heterocycles. The summed E-state index contributed by atoms with van der Waals surface area (Å²) >= 11 is 5.98. The van der Waals surface area contributed by atoms with Crippen molar-refractivity contribution in [2.45, 2.75) is 71.0 Å². The van der Waals surface area contributed by atoms with Gasteiger partial charge in [-0.15, -0.1) is 0 Å². The zero-order chi connectivity index (χ0) is 21.5. The Morgan fingerprint density at radius 1 is 1.10 bits per heavy atom. The number of rotatable bonds is 8. The SMILES string of the molecule is CC[C@@H](C(=O)NC1CCCC1)N(Cc1ccccc1C)C(=O)Cc1ccc(Cl)cc1. The first-order valence-electron chi connectivity index (χ1n) is 10.9. The molecule has 1 fully saturated rings. The van der Waals surface area contributed by atoms with Crippen molar-refractivity contribution in [2.75, 3.05) is 0 Å². The molecular weight excluding hydrogens is 396 g/mol. The fourth-order valence-electron chi connectivity index (χ4n) is 4.14. The van der Waals surface area contributed by atoms with Crippen LogP contribution in [0.1, 0.15) is 55.7 Å². The van der Waals surface area contributed by atoms with E-state index in [-0.39, 0.29) is 24.3 Å². The summed E-state index contributed by atoms with van der Waals surface area (Å²) in [6.45, 7) is 4.44. The van der Waals surface area contributed by atoms with Crippen LogP contribution in [0.4, 0.5) is 0 Å². The van der Waals surface area contributed by atoms with Crippen LogP contribution in [-0.2, 0) is 22.6 Å². The number of nitrogens with zero attached hydrogens (tertiary/aromatic N) is 1. The third-order valence-corrected chi connectivity index (χ3v) is 6.21. The number of amides is 2. The number of aryl methyl sites for hydroxylation is 1. The van der Waals surface area contributed by atoms with E-state index in [2.05, 4.69) is 5.32 Å². The van der Waals surface area contributed by atoms with Gasteiger partial charge in [0.05, 0.1) is 6.42 Å². The Bertz CT molecular complexity index is 860. The molecule has 1 atom stereocenters. The molecule has 1 N–H and O–H groups in total. The minimum atomic E-state index is -0.481. The molecule has 0 unspecified atom stereocenters. The van der Waals surface area contributed by atoms with E-state index in [0.29, 0.717) is 18.0 Å². The lowest BCUT2D eigenvalue weighted by atomic mass is 10.0. The number of nitrogens with one attached hydrogen (secondary N) is 1. The summed E-state index contributed by atoms with van der Waals surface area (Å²) in [6, 6.07) is 15.1. The fourth-order valence-corrected chi connectivity index (χ4v) is 4.26. The summed E-state index contributed by atoms with van der Waals surface area (Å²) in [4.78, 5) is 28.2. The van der Waals surface area contributed by atoms with Crippen molar-refractivity contribution in [2.24, 2.45) is 0 Å². The van der Waals surface area contributed by atoms with Crippen LogP contribution in [0.3, 0.4) is 0 Å². The highest BCUT2D eigenvalue weighted by Gasteiger charge is 2.30. The molecule has 2 aromatic carbocycles. The maximum Gasteiger partial charge on any atom is 0.243 e. The van der Waals surface area contributed by atoms with Crippen molar-refractivity contribution in [3.8, 4) is 0 Å². The predicted octanol–water partition coefficient (Wildman–Crippen LogP) is 5.06. The second-order valence-corrected chi connectivity index (χ2v) is 8.60. The number of benzene rings is 2. The summed E-state index contributed by atoms with van der Waals surface area (Å²) in [5.74, 6) is -0.0866. The van der Waals surface area contributed by atoms with Crippen molar-refractivity contribution < 1.29 is 9.59 Å². The topological polar surface area (TPSA) is 49.4 Å². The molecule has 0 radical (unpaired) electrons. The molecule has 0 heterocycles. The highest BCUT2D eigenvalue weighted by Crippen LogP contribution is 2.21. The lowest BCUT2D eigenvalue weighted by Gasteiger charge is -2.32. The lowest BCUT2D eigenvalue weighted by molar-refractivity contribution is -0.141. The minimum absolute atomic E-state index is 0.0394. The van der Waals surface area contributed by atoms with Gasteiger partial charge in [0.15, 0.2) is 0 Å². The summed E-state index contributed by atoms with van der Waals surface area (Å²) in [6.07, 6.45) is 5.19. The number of hydrogen-bond acceptors (Lipinski definition) is 2. The van der Waals surface area contributed by atoms with E-state index in [1.54, 1.807) is 17.0 Å².